The SMILES string of the molecule is CC(C)(C)C(=O)CCOCCOCCCNC(=O)c1cnc(N2CCN(c3ncc(Cc4cn(C(C)(C)C)nn4)cn3)CC2)nc1. The summed E-state index contributed by atoms with van der Waals surface area (Å²) in [5.74, 6) is 1.25. The Morgan fingerprint density at radius 2 is 1.37 bits per heavy atom. The van der Waals surface area contributed by atoms with Gasteiger partial charge in [0, 0.05) is 88.6 Å². The number of hydrogen-bond donors (Lipinski definition) is 1. The molecule has 0 saturated carbocycles. The van der Waals surface area contributed by atoms with E-state index in [2.05, 4.69) is 66.1 Å². The maximum atomic E-state index is 12.5. The molecule has 14 heteroatoms. The van der Waals surface area contributed by atoms with E-state index in [1.807, 2.05) is 44.0 Å². The van der Waals surface area contributed by atoms with Gasteiger partial charge in [0.2, 0.25) is 11.9 Å². The van der Waals surface area contributed by atoms with E-state index in [1.165, 1.54) is 0 Å². The lowest BCUT2D eigenvalue weighted by molar-refractivity contribution is -0.127. The van der Waals surface area contributed by atoms with Gasteiger partial charge in [-0.2, -0.15) is 0 Å². The average molecular weight is 637 g/mol. The van der Waals surface area contributed by atoms with Gasteiger partial charge < -0.3 is 24.6 Å². The van der Waals surface area contributed by atoms with Crippen molar-refractivity contribution in [2.75, 3.05) is 69.0 Å². The second-order valence-electron chi connectivity index (χ2n) is 13.4. The second kappa shape index (κ2) is 16.0. The molecule has 0 radical (unpaired) electrons. The normalized spacial score (nSPS) is 14.0. The Morgan fingerprint density at radius 1 is 0.804 bits per heavy atom. The molecule has 0 unspecified atom stereocenters. The fourth-order valence-electron chi connectivity index (χ4n) is 4.57. The zero-order valence-corrected chi connectivity index (χ0v) is 28.0. The Kier molecular flexibility index (Phi) is 12.1. The van der Waals surface area contributed by atoms with E-state index < -0.39 is 0 Å². The first-order valence-electron chi connectivity index (χ1n) is 15.9. The maximum absolute atomic E-state index is 12.5. The first kappa shape index (κ1) is 34.8. The summed E-state index contributed by atoms with van der Waals surface area (Å²) >= 11 is 0. The smallest absolute Gasteiger partial charge is 0.254 e. The van der Waals surface area contributed by atoms with E-state index in [1.54, 1.807) is 12.4 Å². The molecule has 0 bridgehead atoms. The van der Waals surface area contributed by atoms with Gasteiger partial charge in [0.05, 0.1) is 36.6 Å². The summed E-state index contributed by atoms with van der Waals surface area (Å²) in [7, 11) is 0. The molecule has 0 aliphatic carbocycles. The second-order valence-corrected chi connectivity index (χ2v) is 13.4. The topological polar surface area (TPSA) is 153 Å². The fraction of sp³-hybridized carbons (Fsp3) is 0.625. The Balaban J connectivity index is 1.10. The van der Waals surface area contributed by atoms with Gasteiger partial charge in [-0.25, -0.2) is 24.6 Å². The van der Waals surface area contributed by atoms with Crippen LogP contribution in [0.25, 0.3) is 0 Å². The van der Waals surface area contributed by atoms with Gasteiger partial charge in [-0.05, 0) is 32.8 Å². The number of anilines is 2. The van der Waals surface area contributed by atoms with Crippen LogP contribution in [0.15, 0.2) is 31.0 Å². The highest BCUT2D eigenvalue weighted by molar-refractivity contribution is 5.93. The van der Waals surface area contributed by atoms with Crippen LogP contribution in [0.5, 0.6) is 0 Å². The molecule has 1 aliphatic rings. The molecule has 0 spiro atoms. The summed E-state index contributed by atoms with van der Waals surface area (Å²) < 4.78 is 12.9. The highest BCUT2D eigenvalue weighted by atomic mass is 16.5. The standard InChI is InChI=1S/C32H48N10O4/c1-31(2,3)27(43)8-15-46-17-16-45-14-7-9-33-28(44)25-21-36-30(37-22-25)41-12-10-40(11-13-41)29-34-19-24(20-35-29)18-26-23-42(39-38-26)32(4,5)6/h19-23H,7-18H2,1-6H3,(H,33,44). The molecule has 4 rings (SSSR count). The minimum Gasteiger partial charge on any atom is -0.379 e. The number of amides is 1. The average Bonchev–Trinajstić information content (AvgIpc) is 3.51. The van der Waals surface area contributed by atoms with Gasteiger partial charge in [0.25, 0.3) is 5.91 Å². The number of carbonyl (C=O) groups excluding carboxylic acids is 2. The minimum atomic E-state index is -0.335. The van der Waals surface area contributed by atoms with Crippen molar-refractivity contribution in [2.45, 2.75) is 66.3 Å². The van der Waals surface area contributed by atoms with Crippen molar-refractivity contribution in [2.24, 2.45) is 5.41 Å². The number of rotatable bonds is 15. The van der Waals surface area contributed by atoms with E-state index in [-0.39, 0.29) is 22.6 Å². The lowest BCUT2D eigenvalue weighted by Crippen LogP contribution is -2.47. The summed E-state index contributed by atoms with van der Waals surface area (Å²) in [5.41, 5.74) is 1.83. The molecule has 3 aromatic heterocycles. The molecule has 0 atom stereocenters. The fourth-order valence-corrected chi connectivity index (χ4v) is 4.57. The zero-order valence-electron chi connectivity index (χ0n) is 28.0. The molecule has 250 valence electrons. The van der Waals surface area contributed by atoms with Crippen molar-refractivity contribution in [3.8, 4) is 0 Å². The van der Waals surface area contributed by atoms with Crippen LogP contribution in [0.2, 0.25) is 0 Å². The molecule has 1 fully saturated rings. The van der Waals surface area contributed by atoms with Crippen molar-refractivity contribution < 1.29 is 19.1 Å². The number of piperazine rings is 1. The Labute approximate surface area is 271 Å². The van der Waals surface area contributed by atoms with Crippen LogP contribution in [0.4, 0.5) is 11.9 Å². The van der Waals surface area contributed by atoms with Crippen molar-refractivity contribution in [3.63, 3.8) is 0 Å². The minimum absolute atomic E-state index is 0.110. The Morgan fingerprint density at radius 3 is 1.91 bits per heavy atom. The summed E-state index contributed by atoms with van der Waals surface area (Å²) in [6.45, 7) is 17.2. The van der Waals surface area contributed by atoms with Crippen LogP contribution in [-0.2, 0) is 26.2 Å². The highest BCUT2D eigenvalue weighted by Gasteiger charge is 2.22. The molecule has 0 aromatic carbocycles. The predicted molar refractivity (Wildman–Crippen MR) is 174 cm³/mol. The van der Waals surface area contributed by atoms with E-state index in [0.717, 1.165) is 24.3 Å². The molecular formula is C32H48N10O4. The molecule has 46 heavy (non-hydrogen) atoms. The molecule has 1 N–H and O–H groups in total. The number of carbonyl (C=O) groups is 2. The van der Waals surface area contributed by atoms with E-state index >= 15 is 0 Å². The van der Waals surface area contributed by atoms with Crippen molar-refractivity contribution in [1.82, 2.24) is 40.2 Å². The third-order valence-corrected chi connectivity index (χ3v) is 7.48. The molecule has 4 heterocycles. The number of nitrogens with one attached hydrogen (secondary N) is 1. The molecule has 1 aliphatic heterocycles. The lowest BCUT2D eigenvalue weighted by Gasteiger charge is -2.34. The van der Waals surface area contributed by atoms with Crippen LogP contribution in [0.3, 0.4) is 0 Å². The maximum Gasteiger partial charge on any atom is 0.254 e. The predicted octanol–water partition coefficient (Wildman–Crippen LogP) is 2.69. The van der Waals surface area contributed by atoms with Crippen LogP contribution in [0.1, 0.15) is 76.0 Å². The molecule has 3 aromatic rings. The first-order valence-corrected chi connectivity index (χ1v) is 15.9. The van der Waals surface area contributed by atoms with Crippen LogP contribution >= 0.6 is 0 Å². The first-order chi connectivity index (χ1) is 21.9. The van der Waals surface area contributed by atoms with Crippen LogP contribution < -0.4 is 15.1 Å². The number of nitrogens with zero attached hydrogens (tertiary/aromatic N) is 9. The molecule has 14 nitrogen and oxygen atoms in total. The van der Waals surface area contributed by atoms with E-state index in [4.69, 9.17) is 9.47 Å². The van der Waals surface area contributed by atoms with Gasteiger partial charge >= 0.3 is 0 Å². The number of hydrogen-bond acceptors (Lipinski definition) is 12. The Hall–Kier alpha value is -4.04. The molecular weight excluding hydrogens is 588 g/mol. The number of ketones is 1. The third-order valence-electron chi connectivity index (χ3n) is 7.48. The molecule has 1 saturated heterocycles. The van der Waals surface area contributed by atoms with Gasteiger partial charge in [-0.1, -0.05) is 26.0 Å². The summed E-state index contributed by atoms with van der Waals surface area (Å²) in [6.07, 6.45) is 10.5. The van der Waals surface area contributed by atoms with Crippen molar-refractivity contribution in [3.05, 3.63) is 47.8 Å². The molecule has 1 amide bonds. The Bertz CT molecular complexity index is 1390. The summed E-state index contributed by atoms with van der Waals surface area (Å²) in [4.78, 5) is 46.7. The largest absolute Gasteiger partial charge is 0.379 e. The van der Waals surface area contributed by atoms with Crippen molar-refractivity contribution >= 4 is 23.6 Å². The summed E-state index contributed by atoms with van der Waals surface area (Å²) in [5, 5.41) is 11.4. The van der Waals surface area contributed by atoms with E-state index in [0.29, 0.717) is 82.8 Å². The lowest BCUT2D eigenvalue weighted by atomic mass is 9.89. The van der Waals surface area contributed by atoms with Gasteiger partial charge in [0.15, 0.2) is 0 Å². The van der Waals surface area contributed by atoms with Crippen LogP contribution in [-0.4, -0.2) is 106 Å². The van der Waals surface area contributed by atoms with Crippen LogP contribution in [0, 0.1) is 5.41 Å². The monoisotopic (exact) mass is 636 g/mol. The number of ether oxygens (including phenoxy) is 2. The zero-order chi connectivity index (χ0) is 33.2. The number of aromatic nitrogens is 7. The van der Waals surface area contributed by atoms with E-state index in [9.17, 15) is 9.59 Å². The van der Waals surface area contributed by atoms with Crippen molar-refractivity contribution in [1.29, 1.82) is 0 Å². The van der Waals surface area contributed by atoms with Gasteiger partial charge in [-0.15, -0.1) is 5.10 Å². The van der Waals surface area contributed by atoms with Gasteiger partial charge in [-0.3, -0.25) is 9.59 Å². The quantitative estimate of drug-likeness (QED) is 0.244. The summed E-state index contributed by atoms with van der Waals surface area (Å²) in [6, 6.07) is 0. The number of Topliss-reactive ketones (excluding diaryl/α,β-unsaturated/α-hetero) is 1. The van der Waals surface area contributed by atoms with Gasteiger partial charge in [0.1, 0.15) is 5.78 Å². The highest BCUT2D eigenvalue weighted by Crippen LogP contribution is 2.18. The third kappa shape index (κ3) is 10.5.